The fraction of sp³-hybridized carbons (Fsp3) is 0.583. The second-order valence-corrected chi connectivity index (χ2v) is 4.19. The zero-order chi connectivity index (χ0) is 13.5. The first kappa shape index (κ1) is 14.2. The molecule has 1 rings (SSSR count). The van der Waals surface area contributed by atoms with Gasteiger partial charge in [0.15, 0.2) is 0 Å². The summed E-state index contributed by atoms with van der Waals surface area (Å²) in [4.78, 5) is 34.7. The number of hydrogen-bond acceptors (Lipinski definition) is 3. The minimum absolute atomic E-state index is 0.0190. The van der Waals surface area contributed by atoms with Crippen molar-refractivity contribution < 1.29 is 19.5 Å². The zero-order valence-electron chi connectivity index (χ0n) is 10.4. The van der Waals surface area contributed by atoms with Crippen molar-refractivity contribution in [3.8, 4) is 0 Å². The number of nitrogens with one attached hydrogen (secondary N) is 1. The Kier molecular flexibility index (Phi) is 5.35. The standard InChI is InChI=1S/C12H18N2O4/c1-2-10(15)13-9-5-7-14(8-6-9)11(16)3-4-12(17)18/h3-4,9H,2,5-8H2,1H3,(H,13,15)(H,17,18)/b4-3+. The van der Waals surface area contributed by atoms with Crippen molar-refractivity contribution >= 4 is 17.8 Å². The van der Waals surface area contributed by atoms with E-state index in [1.54, 1.807) is 11.8 Å². The summed E-state index contributed by atoms with van der Waals surface area (Å²) >= 11 is 0. The van der Waals surface area contributed by atoms with Gasteiger partial charge in [0.2, 0.25) is 11.8 Å². The first-order chi connectivity index (χ1) is 8.52. The summed E-state index contributed by atoms with van der Waals surface area (Å²) in [5, 5.41) is 11.3. The van der Waals surface area contributed by atoms with Crippen LogP contribution in [-0.2, 0) is 14.4 Å². The van der Waals surface area contributed by atoms with Crippen LogP contribution in [0.1, 0.15) is 26.2 Å². The van der Waals surface area contributed by atoms with Gasteiger partial charge in [0, 0.05) is 37.7 Å². The van der Waals surface area contributed by atoms with Crippen LogP contribution in [0.25, 0.3) is 0 Å². The molecule has 18 heavy (non-hydrogen) atoms. The third-order valence-corrected chi connectivity index (χ3v) is 2.86. The highest BCUT2D eigenvalue weighted by molar-refractivity contribution is 5.93. The van der Waals surface area contributed by atoms with Crippen LogP contribution in [0.5, 0.6) is 0 Å². The summed E-state index contributed by atoms with van der Waals surface area (Å²) in [6, 6.07) is 0.116. The monoisotopic (exact) mass is 254 g/mol. The lowest BCUT2D eigenvalue weighted by molar-refractivity contribution is -0.132. The van der Waals surface area contributed by atoms with E-state index in [1.807, 2.05) is 0 Å². The van der Waals surface area contributed by atoms with E-state index in [2.05, 4.69) is 5.32 Å². The molecule has 1 aliphatic heterocycles. The normalized spacial score (nSPS) is 16.8. The molecule has 0 radical (unpaired) electrons. The summed E-state index contributed by atoms with van der Waals surface area (Å²) in [5.74, 6) is -1.41. The average Bonchev–Trinajstić information content (AvgIpc) is 2.36. The predicted octanol–water partition coefficient (Wildman–Crippen LogP) is 0.144. The maximum Gasteiger partial charge on any atom is 0.328 e. The number of carboxylic acid groups (broad SMARTS) is 1. The maximum absolute atomic E-state index is 11.6. The second kappa shape index (κ2) is 6.78. The number of amides is 2. The van der Waals surface area contributed by atoms with Gasteiger partial charge in [-0.05, 0) is 12.8 Å². The molecule has 0 atom stereocenters. The van der Waals surface area contributed by atoms with Crippen molar-refractivity contribution in [3.63, 3.8) is 0 Å². The molecule has 2 amide bonds. The smallest absolute Gasteiger partial charge is 0.328 e. The second-order valence-electron chi connectivity index (χ2n) is 4.19. The number of likely N-dealkylation sites (tertiary alicyclic amines) is 1. The van der Waals surface area contributed by atoms with Crippen LogP contribution in [0.2, 0.25) is 0 Å². The van der Waals surface area contributed by atoms with E-state index in [9.17, 15) is 14.4 Å². The van der Waals surface area contributed by atoms with Crippen LogP contribution in [0.3, 0.4) is 0 Å². The summed E-state index contributed by atoms with van der Waals surface area (Å²) in [7, 11) is 0. The van der Waals surface area contributed by atoms with Crippen LogP contribution in [-0.4, -0.2) is 46.9 Å². The summed E-state index contributed by atoms with van der Waals surface area (Å²) < 4.78 is 0. The lowest BCUT2D eigenvalue weighted by atomic mass is 10.0. The van der Waals surface area contributed by atoms with Crippen molar-refractivity contribution in [1.29, 1.82) is 0 Å². The Balaban J connectivity index is 2.37. The number of rotatable bonds is 4. The SMILES string of the molecule is CCC(=O)NC1CCN(C(=O)/C=C/C(=O)O)CC1. The lowest BCUT2D eigenvalue weighted by Crippen LogP contribution is -2.46. The van der Waals surface area contributed by atoms with Crippen LogP contribution in [0.15, 0.2) is 12.2 Å². The van der Waals surface area contributed by atoms with E-state index < -0.39 is 5.97 Å². The number of carbonyl (C=O) groups excluding carboxylic acids is 2. The first-order valence-corrected chi connectivity index (χ1v) is 6.02. The molecule has 0 aromatic rings. The maximum atomic E-state index is 11.6. The number of nitrogens with zero attached hydrogens (tertiary/aromatic N) is 1. The van der Waals surface area contributed by atoms with Crippen LogP contribution in [0, 0.1) is 0 Å². The van der Waals surface area contributed by atoms with Crippen molar-refractivity contribution in [2.75, 3.05) is 13.1 Å². The van der Waals surface area contributed by atoms with Gasteiger partial charge in [0.05, 0.1) is 0 Å². The van der Waals surface area contributed by atoms with E-state index in [0.29, 0.717) is 32.4 Å². The molecule has 0 saturated carbocycles. The van der Waals surface area contributed by atoms with Gasteiger partial charge < -0.3 is 15.3 Å². The molecule has 6 nitrogen and oxygen atoms in total. The molecule has 0 aromatic carbocycles. The number of piperidine rings is 1. The van der Waals surface area contributed by atoms with E-state index in [1.165, 1.54) is 0 Å². The van der Waals surface area contributed by atoms with Gasteiger partial charge in [-0.25, -0.2) is 4.79 Å². The molecular formula is C12H18N2O4. The van der Waals surface area contributed by atoms with Gasteiger partial charge >= 0.3 is 5.97 Å². The molecule has 0 bridgehead atoms. The lowest BCUT2D eigenvalue weighted by Gasteiger charge is -2.31. The van der Waals surface area contributed by atoms with E-state index in [4.69, 9.17) is 5.11 Å². The van der Waals surface area contributed by atoms with E-state index in [-0.39, 0.29) is 17.9 Å². The number of carbonyl (C=O) groups is 3. The Bertz CT molecular complexity index is 357. The minimum atomic E-state index is -1.13. The molecule has 0 aliphatic carbocycles. The molecule has 1 saturated heterocycles. The van der Waals surface area contributed by atoms with Gasteiger partial charge in [-0.1, -0.05) is 6.92 Å². The van der Waals surface area contributed by atoms with Crippen molar-refractivity contribution in [2.24, 2.45) is 0 Å². The molecular weight excluding hydrogens is 236 g/mol. The molecule has 1 heterocycles. The molecule has 100 valence electrons. The highest BCUT2D eigenvalue weighted by Crippen LogP contribution is 2.11. The summed E-state index contributed by atoms with van der Waals surface area (Å²) in [5.41, 5.74) is 0. The molecule has 1 fully saturated rings. The third-order valence-electron chi connectivity index (χ3n) is 2.86. The number of hydrogen-bond donors (Lipinski definition) is 2. The quantitative estimate of drug-likeness (QED) is 0.699. The van der Waals surface area contributed by atoms with Gasteiger partial charge in [0.25, 0.3) is 0 Å². The number of carboxylic acids is 1. The average molecular weight is 254 g/mol. The van der Waals surface area contributed by atoms with E-state index in [0.717, 1.165) is 12.2 Å². The minimum Gasteiger partial charge on any atom is -0.478 e. The molecule has 2 N–H and O–H groups in total. The van der Waals surface area contributed by atoms with Crippen LogP contribution >= 0.6 is 0 Å². The Morgan fingerprint density at radius 1 is 1.28 bits per heavy atom. The Hall–Kier alpha value is -1.85. The fourth-order valence-electron chi connectivity index (χ4n) is 1.82. The van der Waals surface area contributed by atoms with Gasteiger partial charge in [-0.15, -0.1) is 0 Å². The molecule has 0 aromatic heterocycles. The first-order valence-electron chi connectivity index (χ1n) is 6.02. The van der Waals surface area contributed by atoms with E-state index >= 15 is 0 Å². The molecule has 0 spiro atoms. The van der Waals surface area contributed by atoms with Crippen LogP contribution < -0.4 is 5.32 Å². The number of aliphatic carboxylic acids is 1. The summed E-state index contributed by atoms with van der Waals surface area (Å²) in [6.07, 6.45) is 3.78. The Morgan fingerprint density at radius 3 is 2.39 bits per heavy atom. The third kappa shape index (κ3) is 4.57. The van der Waals surface area contributed by atoms with Crippen LogP contribution in [0.4, 0.5) is 0 Å². The Labute approximate surface area is 106 Å². The Morgan fingerprint density at radius 2 is 1.89 bits per heavy atom. The van der Waals surface area contributed by atoms with Crippen molar-refractivity contribution in [2.45, 2.75) is 32.2 Å². The van der Waals surface area contributed by atoms with Gasteiger partial charge in [-0.2, -0.15) is 0 Å². The van der Waals surface area contributed by atoms with Gasteiger partial charge in [-0.3, -0.25) is 9.59 Å². The molecule has 0 unspecified atom stereocenters. The van der Waals surface area contributed by atoms with Crippen molar-refractivity contribution in [3.05, 3.63) is 12.2 Å². The topological polar surface area (TPSA) is 86.7 Å². The van der Waals surface area contributed by atoms with Crippen molar-refractivity contribution in [1.82, 2.24) is 10.2 Å². The highest BCUT2D eigenvalue weighted by Gasteiger charge is 2.22. The fourth-order valence-corrected chi connectivity index (χ4v) is 1.82. The molecule has 1 aliphatic rings. The highest BCUT2D eigenvalue weighted by atomic mass is 16.4. The molecule has 6 heteroatoms. The zero-order valence-corrected chi connectivity index (χ0v) is 10.4. The summed E-state index contributed by atoms with van der Waals surface area (Å²) in [6.45, 7) is 2.87. The largest absolute Gasteiger partial charge is 0.478 e. The van der Waals surface area contributed by atoms with Gasteiger partial charge in [0.1, 0.15) is 0 Å². The predicted molar refractivity (Wildman–Crippen MR) is 64.8 cm³/mol.